The number of Topliss-reactive ketones (excluding diaryl/α,β-unsaturated/α-hetero) is 1. The van der Waals surface area contributed by atoms with Gasteiger partial charge < -0.3 is 9.84 Å². The smallest absolute Gasteiger partial charge is 0.306 e. The van der Waals surface area contributed by atoms with Gasteiger partial charge in [-0.2, -0.15) is 0 Å². The van der Waals surface area contributed by atoms with Crippen molar-refractivity contribution in [2.24, 2.45) is 5.92 Å². The van der Waals surface area contributed by atoms with Gasteiger partial charge in [0.25, 0.3) is 0 Å². The van der Waals surface area contributed by atoms with Crippen LogP contribution in [-0.4, -0.2) is 24.0 Å². The van der Waals surface area contributed by atoms with Crippen molar-refractivity contribution in [3.05, 3.63) is 28.8 Å². The van der Waals surface area contributed by atoms with E-state index in [1.165, 1.54) is 6.92 Å². The van der Waals surface area contributed by atoms with Crippen molar-refractivity contribution in [1.29, 1.82) is 0 Å². The lowest BCUT2D eigenvalue weighted by Gasteiger charge is -2.12. The molecule has 0 aromatic heterocycles. The Morgan fingerprint density at radius 3 is 2.39 bits per heavy atom. The summed E-state index contributed by atoms with van der Waals surface area (Å²) < 4.78 is 5.17. The largest absolute Gasteiger partial charge is 0.496 e. The van der Waals surface area contributed by atoms with E-state index in [4.69, 9.17) is 9.84 Å². The number of rotatable bonds is 5. The van der Waals surface area contributed by atoms with Gasteiger partial charge in [-0.3, -0.25) is 9.59 Å². The summed E-state index contributed by atoms with van der Waals surface area (Å²) in [5.41, 5.74) is 2.32. The second-order valence-corrected chi connectivity index (χ2v) is 4.43. The second-order valence-electron chi connectivity index (χ2n) is 4.43. The van der Waals surface area contributed by atoms with Gasteiger partial charge in [0.1, 0.15) is 5.75 Å². The maximum atomic E-state index is 12.0. The van der Waals surface area contributed by atoms with E-state index >= 15 is 0 Å². The van der Waals surface area contributed by atoms with Crippen LogP contribution in [0.4, 0.5) is 0 Å². The van der Waals surface area contributed by atoms with Crippen LogP contribution >= 0.6 is 0 Å². The lowest BCUT2D eigenvalue weighted by Crippen LogP contribution is -2.15. The molecule has 0 amide bonds. The number of hydrogen-bond donors (Lipinski definition) is 1. The van der Waals surface area contributed by atoms with Crippen molar-refractivity contribution < 1.29 is 19.4 Å². The molecule has 18 heavy (non-hydrogen) atoms. The van der Waals surface area contributed by atoms with Crippen LogP contribution in [0.25, 0.3) is 0 Å². The van der Waals surface area contributed by atoms with Gasteiger partial charge in [-0.1, -0.05) is 6.92 Å². The summed E-state index contributed by atoms with van der Waals surface area (Å²) in [5, 5.41) is 8.81. The van der Waals surface area contributed by atoms with Gasteiger partial charge >= 0.3 is 5.97 Å². The van der Waals surface area contributed by atoms with Crippen LogP contribution in [0.5, 0.6) is 5.75 Å². The molecule has 4 heteroatoms. The first-order chi connectivity index (χ1) is 8.38. The molecule has 1 atom stereocenters. The summed E-state index contributed by atoms with van der Waals surface area (Å²) in [5.74, 6) is -1.03. The number of carbonyl (C=O) groups excluding carboxylic acids is 1. The van der Waals surface area contributed by atoms with Gasteiger partial charge in [-0.25, -0.2) is 0 Å². The third kappa shape index (κ3) is 2.88. The summed E-state index contributed by atoms with van der Waals surface area (Å²) in [4.78, 5) is 22.8. The molecular formula is C14H18O4. The number of aliphatic carboxylic acids is 1. The van der Waals surface area contributed by atoms with Crippen LogP contribution in [0.15, 0.2) is 12.1 Å². The minimum Gasteiger partial charge on any atom is -0.496 e. The molecule has 1 aromatic carbocycles. The lowest BCUT2D eigenvalue weighted by atomic mass is 9.94. The SMILES string of the molecule is COc1ccc(C(=O)CC(C)C(=O)O)c(C)c1C. The molecule has 4 nitrogen and oxygen atoms in total. The zero-order valence-electron chi connectivity index (χ0n) is 11.1. The third-order valence-electron chi connectivity index (χ3n) is 3.17. The van der Waals surface area contributed by atoms with Gasteiger partial charge in [0.2, 0.25) is 0 Å². The monoisotopic (exact) mass is 250 g/mol. The normalized spacial score (nSPS) is 12.0. The first kappa shape index (κ1) is 14.2. The molecular weight excluding hydrogens is 232 g/mol. The van der Waals surface area contributed by atoms with Crippen LogP contribution in [0.2, 0.25) is 0 Å². The average Bonchev–Trinajstić information content (AvgIpc) is 2.32. The Morgan fingerprint density at radius 2 is 1.89 bits per heavy atom. The summed E-state index contributed by atoms with van der Waals surface area (Å²) in [6.45, 7) is 5.26. The fourth-order valence-electron chi connectivity index (χ4n) is 1.79. The van der Waals surface area contributed by atoms with Crippen molar-refractivity contribution in [1.82, 2.24) is 0 Å². The number of carboxylic acids is 1. The van der Waals surface area contributed by atoms with Gasteiger partial charge in [0.15, 0.2) is 5.78 Å². The molecule has 0 heterocycles. The molecule has 0 bridgehead atoms. The van der Waals surface area contributed by atoms with Gasteiger partial charge in [0, 0.05) is 12.0 Å². The van der Waals surface area contributed by atoms with E-state index in [2.05, 4.69) is 0 Å². The number of ketones is 1. The van der Waals surface area contributed by atoms with Crippen molar-refractivity contribution in [2.45, 2.75) is 27.2 Å². The third-order valence-corrected chi connectivity index (χ3v) is 3.17. The summed E-state index contributed by atoms with van der Waals surface area (Å²) >= 11 is 0. The highest BCUT2D eigenvalue weighted by Gasteiger charge is 2.19. The summed E-state index contributed by atoms with van der Waals surface area (Å²) in [7, 11) is 1.58. The first-order valence-electron chi connectivity index (χ1n) is 5.78. The molecule has 1 unspecified atom stereocenters. The number of ether oxygens (including phenoxy) is 1. The van der Waals surface area contributed by atoms with Crippen LogP contribution in [0.1, 0.15) is 34.8 Å². The predicted octanol–water partition coefficient (Wildman–Crippen LogP) is 2.61. The first-order valence-corrected chi connectivity index (χ1v) is 5.78. The maximum Gasteiger partial charge on any atom is 0.306 e. The molecule has 0 saturated carbocycles. The van der Waals surface area contributed by atoms with Crippen molar-refractivity contribution in [3.63, 3.8) is 0 Å². The van der Waals surface area contributed by atoms with Gasteiger partial charge in [-0.15, -0.1) is 0 Å². The fourth-order valence-corrected chi connectivity index (χ4v) is 1.79. The number of methoxy groups -OCH3 is 1. The zero-order chi connectivity index (χ0) is 13.9. The van der Waals surface area contributed by atoms with Crippen LogP contribution < -0.4 is 4.74 Å². The van der Waals surface area contributed by atoms with Gasteiger partial charge in [0.05, 0.1) is 13.0 Å². The molecule has 1 rings (SSSR count). The fraction of sp³-hybridized carbons (Fsp3) is 0.429. The van der Waals surface area contributed by atoms with E-state index in [1.807, 2.05) is 13.8 Å². The molecule has 1 aromatic rings. The highest BCUT2D eigenvalue weighted by Crippen LogP contribution is 2.25. The van der Waals surface area contributed by atoms with Crippen molar-refractivity contribution in [2.75, 3.05) is 7.11 Å². The minimum atomic E-state index is -0.953. The van der Waals surface area contributed by atoms with Crippen LogP contribution in [0.3, 0.4) is 0 Å². The van der Waals surface area contributed by atoms with Gasteiger partial charge in [-0.05, 0) is 37.1 Å². The van der Waals surface area contributed by atoms with E-state index in [0.29, 0.717) is 5.56 Å². The number of hydrogen-bond acceptors (Lipinski definition) is 3. The molecule has 0 aliphatic carbocycles. The molecule has 0 fully saturated rings. The Bertz CT molecular complexity index is 477. The van der Waals surface area contributed by atoms with Crippen LogP contribution in [-0.2, 0) is 4.79 Å². The molecule has 0 saturated heterocycles. The second kappa shape index (κ2) is 5.67. The minimum absolute atomic E-state index is 0.0158. The van der Waals surface area contributed by atoms with E-state index in [0.717, 1.165) is 16.9 Å². The standard InChI is InChI=1S/C14H18O4/c1-8(14(16)17)7-12(15)11-5-6-13(18-4)10(3)9(11)2/h5-6,8H,7H2,1-4H3,(H,16,17). The predicted molar refractivity (Wildman–Crippen MR) is 68.2 cm³/mol. The highest BCUT2D eigenvalue weighted by molar-refractivity contribution is 5.99. The Hall–Kier alpha value is -1.84. The van der Waals surface area contributed by atoms with E-state index in [-0.39, 0.29) is 12.2 Å². The molecule has 0 aliphatic heterocycles. The Balaban J connectivity index is 3.01. The highest BCUT2D eigenvalue weighted by atomic mass is 16.5. The summed E-state index contributed by atoms with van der Waals surface area (Å²) in [6, 6.07) is 3.43. The lowest BCUT2D eigenvalue weighted by molar-refractivity contribution is -0.141. The van der Waals surface area contributed by atoms with E-state index < -0.39 is 11.9 Å². The number of carbonyl (C=O) groups is 2. The maximum absolute atomic E-state index is 12.0. The van der Waals surface area contributed by atoms with Crippen molar-refractivity contribution >= 4 is 11.8 Å². The molecule has 98 valence electrons. The van der Waals surface area contributed by atoms with E-state index in [1.54, 1.807) is 19.2 Å². The Kier molecular flexibility index (Phi) is 4.48. The quantitative estimate of drug-likeness (QED) is 0.816. The number of carboxylic acid groups (broad SMARTS) is 1. The molecule has 0 aliphatic rings. The average molecular weight is 250 g/mol. The Labute approximate surface area is 107 Å². The summed E-state index contributed by atoms with van der Waals surface area (Å²) in [6.07, 6.45) is 0.0158. The van der Waals surface area contributed by atoms with Crippen LogP contribution in [0, 0.1) is 19.8 Å². The van der Waals surface area contributed by atoms with E-state index in [9.17, 15) is 9.59 Å². The molecule has 0 radical (unpaired) electrons. The Morgan fingerprint density at radius 1 is 1.28 bits per heavy atom. The molecule has 0 spiro atoms. The van der Waals surface area contributed by atoms with Crippen molar-refractivity contribution in [3.8, 4) is 5.75 Å². The number of benzene rings is 1. The zero-order valence-corrected chi connectivity index (χ0v) is 11.1. The topological polar surface area (TPSA) is 63.6 Å². The molecule has 1 N–H and O–H groups in total.